The first-order chi connectivity index (χ1) is 11.7. The van der Waals surface area contributed by atoms with Gasteiger partial charge in [-0.05, 0) is 37.8 Å². The molecule has 5 nitrogen and oxygen atoms in total. The maximum absolute atomic E-state index is 13.1. The van der Waals surface area contributed by atoms with Crippen LogP contribution in [0.1, 0.15) is 48.9 Å². The van der Waals surface area contributed by atoms with Crippen LogP contribution in [0.2, 0.25) is 0 Å². The van der Waals surface area contributed by atoms with E-state index in [0.29, 0.717) is 17.1 Å². The maximum Gasteiger partial charge on any atom is 0.257 e. The number of benzene rings is 1. The number of carbonyl (C=O) groups excluding carboxylic acids is 1. The molecule has 1 N–H and O–H groups in total. The number of hydrogen-bond acceptors (Lipinski definition) is 4. The number of hydrogen-bond donors (Lipinski definition) is 1. The largest absolute Gasteiger partial charge is 0.497 e. The summed E-state index contributed by atoms with van der Waals surface area (Å²) in [4.78, 5) is 15.1. The predicted octanol–water partition coefficient (Wildman–Crippen LogP) is 2.86. The van der Waals surface area contributed by atoms with Crippen LogP contribution in [0.5, 0.6) is 11.5 Å². The standard InChI is InChI=1S/C19H27NO4/c1-23-13-9-10-15(18(12-13)24-2)19(22)20-11-5-7-16(20)14-6-3-4-8-17(14)21/h9-10,12,14,16-17,21H,3-8,11H2,1-2H3/t14-,16+,17-/m0/s1. The smallest absolute Gasteiger partial charge is 0.257 e. The van der Waals surface area contributed by atoms with Crippen molar-refractivity contribution in [1.82, 2.24) is 4.90 Å². The number of rotatable bonds is 4. The summed E-state index contributed by atoms with van der Waals surface area (Å²) in [7, 11) is 3.16. The number of ether oxygens (including phenoxy) is 2. The van der Waals surface area contributed by atoms with E-state index < -0.39 is 0 Å². The number of aliphatic hydroxyl groups is 1. The van der Waals surface area contributed by atoms with E-state index in [4.69, 9.17) is 9.47 Å². The van der Waals surface area contributed by atoms with Crippen LogP contribution in [-0.4, -0.2) is 48.8 Å². The van der Waals surface area contributed by atoms with Crippen molar-refractivity contribution in [2.45, 2.75) is 50.7 Å². The number of likely N-dealkylation sites (tertiary alicyclic amines) is 1. The molecule has 1 amide bonds. The minimum atomic E-state index is -0.282. The van der Waals surface area contributed by atoms with E-state index in [1.165, 1.54) is 0 Å². The third kappa shape index (κ3) is 3.22. The van der Waals surface area contributed by atoms with Crippen LogP contribution in [0.15, 0.2) is 18.2 Å². The molecule has 3 rings (SSSR count). The Hall–Kier alpha value is -1.75. The van der Waals surface area contributed by atoms with Crippen molar-refractivity contribution < 1.29 is 19.4 Å². The zero-order valence-corrected chi connectivity index (χ0v) is 14.5. The lowest BCUT2D eigenvalue weighted by atomic mass is 9.80. The molecule has 1 heterocycles. The van der Waals surface area contributed by atoms with E-state index >= 15 is 0 Å². The van der Waals surface area contributed by atoms with Crippen molar-refractivity contribution in [1.29, 1.82) is 0 Å². The van der Waals surface area contributed by atoms with Crippen molar-refractivity contribution in [3.63, 3.8) is 0 Å². The maximum atomic E-state index is 13.1. The normalized spacial score (nSPS) is 27.1. The van der Waals surface area contributed by atoms with Gasteiger partial charge in [-0.3, -0.25) is 4.79 Å². The fourth-order valence-corrected chi connectivity index (χ4v) is 4.21. The highest BCUT2D eigenvalue weighted by Crippen LogP contribution is 2.36. The summed E-state index contributed by atoms with van der Waals surface area (Å²) in [5.74, 6) is 1.41. The van der Waals surface area contributed by atoms with Crippen molar-refractivity contribution in [2.75, 3.05) is 20.8 Å². The highest BCUT2D eigenvalue weighted by atomic mass is 16.5. The second kappa shape index (κ2) is 7.43. The average molecular weight is 333 g/mol. The van der Waals surface area contributed by atoms with Crippen LogP contribution < -0.4 is 9.47 Å². The Labute approximate surface area is 143 Å². The zero-order chi connectivity index (χ0) is 17.1. The third-order valence-electron chi connectivity index (χ3n) is 5.47. The Morgan fingerprint density at radius 3 is 2.62 bits per heavy atom. The summed E-state index contributed by atoms with van der Waals surface area (Å²) in [6, 6.07) is 5.44. The van der Waals surface area contributed by atoms with E-state index in [1.807, 2.05) is 4.90 Å². The Balaban J connectivity index is 1.83. The molecule has 2 fully saturated rings. The van der Waals surface area contributed by atoms with Crippen LogP contribution in [-0.2, 0) is 0 Å². The molecule has 1 aromatic carbocycles. The van der Waals surface area contributed by atoms with Gasteiger partial charge in [-0.25, -0.2) is 0 Å². The molecular formula is C19H27NO4. The van der Waals surface area contributed by atoms with Crippen LogP contribution in [0.3, 0.4) is 0 Å². The molecule has 0 radical (unpaired) electrons. The lowest BCUT2D eigenvalue weighted by Gasteiger charge is -2.37. The number of aliphatic hydroxyl groups excluding tert-OH is 1. The minimum Gasteiger partial charge on any atom is -0.497 e. The molecule has 5 heteroatoms. The van der Waals surface area contributed by atoms with Gasteiger partial charge < -0.3 is 19.5 Å². The third-order valence-corrected chi connectivity index (χ3v) is 5.47. The number of carbonyl (C=O) groups is 1. The predicted molar refractivity (Wildman–Crippen MR) is 91.6 cm³/mol. The molecule has 0 spiro atoms. The molecule has 1 aliphatic carbocycles. The van der Waals surface area contributed by atoms with Crippen molar-refractivity contribution in [3.05, 3.63) is 23.8 Å². The van der Waals surface area contributed by atoms with Gasteiger partial charge in [-0.15, -0.1) is 0 Å². The summed E-state index contributed by atoms with van der Waals surface area (Å²) < 4.78 is 10.6. The molecule has 0 bridgehead atoms. The molecule has 2 aliphatic rings. The van der Waals surface area contributed by atoms with Gasteiger partial charge in [0.25, 0.3) is 5.91 Å². The summed E-state index contributed by atoms with van der Waals surface area (Å²) in [6.45, 7) is 0.752. The molecule has 1 saturated carbocycles. The Morgan fingerprint density at radius 2 is 1.92 bits per heavy atom. The first-order valence-corrected chi connectivity index (χ1v) is 8.86. The fourth-order valence-electron chi connectivity index (χ4n) is 4.21. The van der Waals surface area contributed by atoms with Crippen LogP contribution in [0.25, 0.3) is 0 Å². The SMILES string of the molecule is COc1ccc(C(=O)N2CCC[C@@H]2[C@@H]2CCCC[C@@H]2O)c(OC)c1. The quantitative estimate of drug-likeness (QED) is 0.920. The van der Waals surface area contributed by atoms with Crippen LogP contribution in [0, 0.1) is 5.92 Å². The van der Waals surface area contributed by atoms with E-state index in [0.717, 1.165) is 45.1 Å². The van der Waals surface area contributed by atoms with Crippen LogP contribution >= 0.6 is 0 Å². The number of nitrogens with zero attached hydrogens (tertiary/aromatic N) is 1. The van der Waals surface area contributed by atoms with Gasteiger partial charge >= 0.3 is 0 Å². The zero-order valence-electron chi connectivity index (χ0n) is 14.5. The summed E-state index contributed by atoms with van der Waals surface area (Å²) in [5, 5.41) is 10.4. The van der Waals surface area contributed by atoms with Crippen molar-refractivity contribution in [2.24, 2.45) is 5.92 Å². The molecule has 1 aromatic rings. The Bertz CT molecular complexity index is 589. The highest BCUT2D eigenvalue weighted by Gasteiger charge is 2.39. The lowest BCUT2D eigenvalue weighted by molar-refractivity contribution is 0.0210. The summed E-state index contributed by atoms with van der Waals surface area (Å²) >= 11 is 0. The molecule has 1 saturated heterocycles. The molecule has 1 aliphatic heterocycles. The highest BCUT2D eigenvalue weighted by molar-refractivity contribution is 5.97. The molecule has 3 atom stereocenters. The van der Waals surface area contributed by atoms with Gasteiger partial charge in [0.2, 0.25) is 0 Å². The topological polar surface area (TPSA) is 59.0 Å². The van der Waals surface area contributed by atoms with Crippen LogP contribution in [0.4, 0.5) is 0 Å². The van der Waals surface area contributed by atoms with Gasteiger partial charge in [0, 0.05) is 24.6 Å². The Kier molecular flexibility index (Phi) is 5.29. The summed E-state index contributed by atoms with van der Waals surface area (Å²) in [6.07, 6.45) is 5.79. The number of methoxy groups -OCH3 is 2. The molecule has 0 unspecified atom stereocenters. The van der Waals surface area contributed by atoms with Gasteiger partial charge in [0.15, 0.2) is 0 Å². The first kappa shape index (κ1) is 17.1. The van der Waals surface area contributed by atoms with Gasteiger partial charge in [-0.1, -0.05) is 12.8 Å². The monoisotopic (exact) mass is 333 g/mol. The molecule has 24 heavy (non-hydrogen) atoms. The fraction of sp³-hybridized carbons (Fsp3) is 0.632. The number of amides is 1. The van der Waals surface area contributed by atoms with E-state index in [1.54, 1.807) is 32.4 Å². The van der Waals surface area contributed by atoms with Gasteiger partial charge in [0.05, 0.1) is 25.9 Å². The Morgan fingerprint density at radius 1 is 1.12 bits per heavy atom. The average Bonchev–Trinajstić information content (AvgIpc) is 3.10. The molecule has 0 aromatic heterocycles. The minimum absolute atomic E-state index is 0.00484. The second-order valence-corrected chi connectivity index (χ2v) is 6.79. The lowest BCUT2D eigenvalue weighted by Crippen LogP contribution is -2.45. The van der Waals surface area contributed by atoms with Gasteiger partial charge in [0.1, 0.15) is 11.5 Å². The van der Waals surface area contributed by atoms with E-state index in [2.05, 4.69) is 0 Å². The van der Waals surface area contributed by atoms with Crippen molar-refractivity contribution >= 4 is 5.91 Å². The molecular weight excluding hydrogens is 306 g/mol. The van der Waals surface area contributed by atoms with E-state index in [-0.39, 0.29) is 24.0 Å². The van der Waals surface area contributed by atoms with E-state index in [9.17, 15) is 9.90 Å². The van der Waals surface area contributed by atoms with Crippen molar-refractivity contribution in [3.8, 4) is 11.5 Å². The summed E-state index contributed by atoms with van der Waals surface area (Å²) in [5.41, 5.74) is 0.565. The van der Waals surface area contributed by atoms with Gasteiger partial charge in [-0.2, -0.15) is 0 Å². The second-order valence-electron chi connectivity index (χ2n) is 6.79. The molecule has 132 valence electrons. The first-order valence-electron chi connectivity index (χ1n) is 8.86.